The Morgan fingerprint density at radius 2 is 1.77 bits per heavy atom. The molecule has 26 heavy (non-hydrogen) atoms. The van der Waals surface area contributed by atoms with Gasteiger partial charge in [0.2, 0.25) is 15.9 Å². The van der Waals surface area contributed by atoms with Crippen LogP contribution in [0.5, 0.6) is 0 Å². The van der Waals surface area contributed by atoms with E-state index in [1.807, 2.05) is 30.3 Å². The fourth-order valence-corrected chi connectivity index (χ4v) is 4.96. The third-order valence-electron chi connectivity index (χ3n) is 4.66. The van der Waals surface area contributed by atoms with Crippen LogP contribution in [0.4, 0.5) is 5.69 Å². The summed E-state index contributed by atoms with van der Waals surface area (Å²) in [6, 6.07) is 16.0. The molecule has 3 rings (SSSR count). The Balaban J connectivity index is 1.76. The summed E-state index contributed by atoms with van der Waals surface area (Å²) in [5.41, 5.74) is 0.811. The van der Waals surface area contributed by atoms with E-state index in [2.05, 4.69) is 15.9 Å². The lowest BCUT2D eigenvalue weighted by Crippen LogP contribution is -2.45. The molecule has 1 saturated heterocycles. The predicted molar refractivity (Wildman–Crippen MR) is 105 cm³/mol. The van der Waals surface area contributed by atoms with E-state index in [9.17, 15) is 13.2 Å². The van der Waals surface area contributed by atoms with Crippen molar-refractivity contribution in [3.05, 3.63) is 59.1 Å². The van der Waals surface area contributed by atoms with Gasteiger partial charge in [0.1, 0.15) is 0 Å². The Morgan fingerprint density at radius 3 is 2.42 bits per heavy atom. The number of carbonyl (C=O) groups is 1. The van der Waals surface area contributed by atoms with Gasteiger partial charge in [-0.2, -0.15) is 4.31 Å². The minimum atomic E-state index is -3.59. The summed E-state index contributed by atoms with van der Waals surface area (Å²) >= 11 is 3.32. The number of para-hydroxylation sites is 1. The average Bonchev–Trinajstić information content (AvgIpc) is 2.68. The first kappa shape index (κ1) is 19.1. The van der Waals surface area contributed by atoms with E-state index in [1.54, 1.807) is 36.2 Å². The number of nitrogens with zero attached hydrogens (tertiary/aromatic N) is 2. The molecule has 7 heteroatoms. The van der Waals surface area contributed by atoms with E-state index in [0.717, 1.165) is 10.2 Å². The second-order valence-corrected chi connectivity index (χ2v) is 9.24. The maximum Gasteiger partial charge on any atom is 0.243 e. The van der Waals surface area contributed by atoms with E-state index >= 15 is 0 Å². The summed E-state index contributed by atoms with van der Waals surface area (Å²) in [6.07, 6.45) is 1.37. The highest BCUT2D eigenvalue weighted by Crippen LogP contribution is 2.26. The molecule has 0 N–H and O–H groups in total. The van der Waals surface area contributed by atoms with Gasteiger partial charge in [0, 0.05) is 30.3 Å². The van der Waals surface area contributed by atoms with Gasteiger partial charge in [0.05, 0.1) is 10.8 Å². The van der Waals surface area contributed by atoms with Crippen LogP contribution in [0.2, 0.25) is 0 Å². The Bertz CT molecular complexity index is 869. The fraction of sp³-hybridized carbons (Fsp3) is 0.316. The van der Waals surface area contributed by atoms with Crippen molar-refractivity contribution in [2.75, 3.05) is 25.0 Å². The smallest absolute Gasteiger partial charge is 0.243 e. The van der Waals surface area contributed by atoms with Gasteiger partial charge < -0.3 is 4.90 Å². The van der Waals surface area contributed by atoms with Gasteiger partial charge in [0.25, 0.3) is 0 Å². The minimum Gasteiger partial charge on any atom is -0.315 e. The lowest BCUT2D eigenvalue weighted by atomic mass is 9.98. The molecule has 1 amide bonds. The van der Waals surface area contributed by atoms with Crippen molar-refractivity contribution < 1.29 is 13.2 Å². The molecular weight excluding hydrogens is 416 g/mol. The summed E-state index contributed by atoms with van der Waals surface area (Å²) in [4.78, 5) is 14.7. The van der Waals surface area contributed by atoms with Crippen LogP contribution in [0.15, 0.2) is 64.0 Å². The molecule has 1 atom stereocenters. The van der Waals surface area contributed by atoms with Crippen LogP contribution in [0.1, 0.15) is 12.8 Å². The number of carbonyl (C=O) groups excluding carboxylic acids is 1. The van der Waals surface area contributed by atoms with Crippen molar-refractivity contribution in [3.63, 3.8) is 0 Å². The zero-order chi connectivity index (χ0) is 18.7. The lowest BCUT2D eigenvalue weighted by molar-refractivity contribution is -0.123. The van der Waals surface area contributed by atoms with Crippen LogP contribution >= 0.6 is 15.9 Å². The van der Waals surface area contributed by atoms with Gasteiger partial charge in [-0.3, -0.25) is 4.79 Å². The predicted octanol–water partition coefficient (Wildman–Crippen LogP) is 3.51. The molecule has 0 aromatic heterocycles. The van der Waals surface area contributed by atoms with Gasteiger partial charge in [0.15, 0.2) is 0 Å². The summed E-state index contributed by atoms with van der Waals surface area (Å²) in [5.74, 6) is -0.383. The molecule has 2 aromatic rings. The van der Waals surface area contributed by atoms with E-state index < -0.39 is 10.0 Å². The van der Waals surface area contributed by atoms with Crippen LogP contribution in [0, 0.1) is 5.92 Å². The number of hydrogen-bond acceptors (Lipinski definition) is 3. The fourth-order valence-electron chi connectivity index (χ4n) is 3.17. The molecule has 1 fully saturated rings. The van der Waals surface area contributed by atoms with E-state index in [1.165, 1.54) is 4.31 Å². The van der Waals surface area contributed by atoms with Gasteiger partial charge in [-0.15, -0.1) is 0 Å². The van der Waals surface area contributed by atoms with E-state index in [0.29, 0.717) is 19.4 Å². The molecular formula is C19H21BrN2O3S. The van der Waals surface area contributed by atoms with Gasteiger partial charge in [-0.05, 0) is 49.2 Å². The molecule has 0 unspecified atom stereocenters. The highest BCUT2D eigenvalue weighted by atomic mass is 79.9. The van der Waals surface area contributed by atoms with E-state index in [4.69, 9.17) is 0 Å². The maximum absolute atomic E-state index is 12.9. The Kier molecular flexibility index (Phi) is 5.79. The number of benzene rings is 2. The van der Waals surface area contributed by atoms with Crippen molar-refractivity contribution in [3.8, 4) is 0 Å². The molecule has 0 saturated carbocycles. The second-order valence-electron chi connectivity index (χ2n) is 6.39. The highest BCUT2D eigenvalue weighted by molar-refractivity contribution is 9.10. The molecule has 1 heterocycles. The standard InChI is InChI=1S/C19H21BrN2O3S/c1-21(17-7-3-2-4-8-17)19(23)15-6-5-13-22(14-15)26(24,25)18-11-9-16(20)10-12-18/h2-4,7-12,15H,5-6,13-14H2,1H3/t15-/m0/s1. The SMILES string of the molecule is CN(C(=O)[C@H]1CCCN(S(=O)(=O)c2ccc(Br)cc2)C1)c1ccccc1. The largest absolute Gasteiger partial charge is 0.315 e. The van der Waals surface area contributed by atoms with Crippen LogP contribution in [0.25, 0.3) is 0 Å². The zero-order valence-corrected chi connectivity index (χ0v) is 16.9. The number of hydrogen-bond donors (Lipinski definition) is 0. The van der Waals surface area contributed by atoms with E-state index in [-0.39, 0.29) is 23.3 Å². The number of rotatable bonds is 4. The molecule has 0 spiro atoms. The zero-order valence-electron chi connectivity index (χ0n) is 14.5. The number of anilines is 1. The van der Waals surface area contributed by atoms with Crippen LogP contribution in [0.3, 0.4) is 0 Å². The van der Waals surface area contributed by atoms with Crippen molar-refractivity contribution in [1.82, 2.24) is 4.31 Å². The molecule has 1 aliphatic heterocycles. The number of halogens is 1. The topological polar surface area (TPSA) is 57.7 Å². The Labute approximate surface area is 162 Å². The summed E-state index contributed by atoms with van der Waals surface area (Å²) in [6.45, 7) is 0.658. The van der Waals surface area contributed by atoms with Crippen LogP contribution in [-0.4, -0.2) is 38.8 Å². The molecule has 5 nitrogen and oxygen atoms in total. The monoisotopic (exact) mass is 436 g/mol. The molecule has 0 radical (unpaired) electrons. The van der Waals surface area contributed by atoms with Crippen molar-refractivity contribution in [2.24, 2.45) is 5.92 Å². The molecule has 1 aliphatic rings. The molecule has 2 aromatic carbocycles. The molecule has 0 aliphatic carbocycles. The van der Waals surface area contributed by atoms with Crippen LogP contribution < -0.4 is 4.90 Å². The van der Waals surface area contributed by atoms with Crippen molar-refractivity contribution in [1.29, 1.82) is 0 Å². The Morgan fingerprint density at radius 1 is 1.12 bits per heavy atom. The average molecular weight is 437 g/mol. The number of amides is 1. The quantitative estimate of drug-likeness (QED) is 0.736. The molecule has 138 valence electrons. The minimum absolute atomic E-state index is 0.0492. The second kappa shape index (κ2) is 7.90. The lowest BCUT2D eigenvalue weighted by Gasteiger charge is -2.33. The normalized spacial score (nSPS) is 18.5. The van der Waals surface area contributed by atoms with Crippen molar-refractivity contribution >= 4 is 37.5 Å². The highest BCUT2D eigenvalue weighted by Gasteiger charge is 2.34. The first-order chi connectivity index (χ1) is 12.4. The Hall–Kier alpha value is -1.70. The van der Waals surface area contributed by atoms with Gasteiger partial charge in [-0.25, -0.2) is 8.42 Å². The third-order valence-corrected chi connectivity index (χ3v) is 7.07. The molecule has 0 bridgehead atoms. The third kappa shape index (κ3) is 4.00. The first-order valence-electron chi connectivity index (χ1n) is 8.48. The summed E-state index contributed by atoms with van der Waals surface area (Å²) in [7, 11) is -1.86. The maximum atomic E-state index is 12.9. The van der Waals surface area contributed by atoms with Gasteiger partial charge >= 0.3 is 0 Å². The number of sulfonamides is 1. The number of piperidine rings is 1. The van der Waals surface area contributed by atoms with Crippen molar-refractivity contribution in [2.45, 2.75) is 17.7 Å². The summed E-state index contributed by atoms with van der Waals surface area (Å²) in [5, 5.41) is 0. The first-order valence-corrected chi connectivity index (χ1v) is 10.7. The summed E-state index contributed by atoms with van der Waals surface area (Å²) < 4.78 is 28.0. The van der Waals surface area contributed by atoms with Gasteiger partial charge in [-0.1, -0.05) is 34.1 Å². The van der Waals surface area contributed by atoms with Crippen LogP contribution in [-0.2, 0) is 14.8 Å².